The van der Waals surface area contributed by atoms with E-state index in [0.29, 0.717) is 11.1 Å². The maximum atomic E-state index is 12.7. The van der Waals surface area contributed by atoms with E-state index in [-0.39, 0.29) is 11.7 Å². The molecule has 140 valence electrons. The summed E-state index contributed by atoms with van der Waals surface area (Å²) >= 11 is 0. The molecule has 0 aliphatic heterocycles. The van der Waals surface area contributed by atoms with E-state index < -0.39 is 24.0 Å². The minimum Gasteiger partial charge on any atom is -0.448 e. The molecule has 0 saturated carbocycles. The number of urea groups is 1. The van der Waals surface area contributed by atoms with Gasteiger partial charge in [0.25, 0.3) is 5.91 Å². The van der Waals surface area contributed by atoms with Gasteiger partial charge >= 0.3 is 12.0 Å². The average molecular weight is 368 g/mol. The molecular formula is C20H20N2O5. The van der Waals surface area contributed by atoms with Crippen molar-refractivity contribution in [2.75, 3.05) is 0 Å². The number of benzene rings is 2. The SMILES string of the molecule is Cc1c(C(=O)OC(C(=O)NC(N)=O)C(C)C)oc2c1ccc1ccccc12. The maximum Gasteiger partial charge on any atom is 0.375 e. The predicted octanol–water partition coefficient (Wildman–Crippen LogP) is 3.27. The van der Waals surface area contributed by atoms with E-state index in [1.54, 1.807) is 20.8 Å². The number of primary amides is 1. The highest BCUT2D eigenvalue weighted by molar-refractivity contribution is 6.08. The summed E-state index contributed by atoms with van der Waals surface area (Å²) < 4.78 is 11.1. The van der Waals surface area contributed by atoms with Crippen molar-refractivity contribution >= 4 is 39.6 Å². The fourth-order valence-corrected chi connectivity index (χ4v) is 3.00. The molecule has 1 heterocycles. The Bertz CT molecular complexity index is 1050. The summed E-state index contributed by atoms with van der Waals surface area (Å²) in [5, 5.41) is 4.60. The first kappa shape index (κ1) is 18.4. The number of carbonyl (C=O) groups excluding carboxylic acids is 3. The van der Waals surface area contributed by atoms with Gasteiger partial charge in [0.05, 0.1) is 0 Å². The Kier molecular flexibility index (Phi) is 4.85. The number of amides is 3. The van der Waals surface area contributed by atoms with Gasteiger partial charge in [-0.2, -0.15) is 0 Å². The molecule has 7 nitrogen and oxygen atoms in total. The van der Waals surface area contributed by atoms with Crippen LogP contribution < -0.4 is 11.1 Å². The van der Waals surface area contributed by atoms with Crippen molar-refractivity contribution < 1.29 is 23.5 Å². The fourth-order valence-electron chi connectivity index (χ4n) is 3.00. The minimum atomic E-state index is -1.17. The van der Waals surface area contributed by atoms with Crippen molar-refractivity contribution in [3.8, 4) is 0 Å². The van der Waals surface area contributed by atoms with Gasteiger partial charge in [0.15, 0.2) is 6.10 Å². The van der Waals surface area contributed by atoms with Crippen molar-refractivity contribution in [2.24, 2.45) is 11.7 Å². The number of aryl methyl sites for hydroxylation is 1. The zero-order valence-corrected chi connectivity index (χ0v) is 15.2. The zero-order chi connectivity index (χ0) is 19.7. The number of imide groups is 1. The first-order chi connectivity index (χ1) is 12.8. The largest absolute Gasteiger partial charge is 0.448 e. The Labute approximate surface area is 155 Å². The molecule has 0 fully saturated rings. The zero-order valence-electron chi connectivity index (χ0n) is 15.2. The topological polar surface area (TPSA) is 112 Å². The summed E-state index contributed by atoms with van der Waals surface area (Å²) in [6.07, 6.45) is -1.17. The van der Waals surface area contributed by atoms with Crippen LogP contribution in [0.3, 0.4) is 0 Å². The molecule has 0 aliphatic carbocycles. The summed E-state index contributed by atoms with van der Waals surface area (Å²) in [7, 11) is 0. The first-order valence-electron chi connectivity index (χ1n) is 8.51. The number of ether oxygens (including phenoxy) is 1. The smallest absolute Gasteiger partial charge is 0.375 e. The van der Waals surface area contributed by atoms with E-state index in [1.165, 1.54) is 0 Å². The van der Waals surface area contributed by atoms with Crippen LogP contribution in [0.5, 0.6) is 0 Å². The summed E-state index contributed by atoms with van der Waals surface area (Å²) in [4.78, 5) is 35.7. The van der Waals surface area contributed by atoms with Crippen LogP contribution in [0, 0.1) is 12.8 Å². The maximum absolute atomic E-state index is 12.7. The second-order valence-electron chi connectivity index (χ2n) is 6.64. The van der Waals surface area contributed by atoms with E-state index in [9.17, 15) is 14.4 Å². The van der Waals surface area contributed by atoms with Gasteiger partial charge in [0.1, 0.15) is 5.58 Å². The van der Waals surface area contributed by atoms with E-state index in [4.69, 9.17) is 14.9 Å². The van der Waals surface area contributed by atoms with Gasteiger partial charge in [-0.25, -0.2) is 9.59 Å². The lowest BCUT2D eigenvalue weighted by molar-refractivity contribution is -0.131. The molecule has 27 heavy (non-hydrogen) atoms. The Morgan fingerprint density at radius 2 is 1.78 bits per heavy atom. The number of fused-ring (bicyclic) bond motifs is 3. The molecule has 2 aromatic carbocycles. The number of nitrogens with two attached hydrogens (primary N) is 1. The van der Waals surface area contributed by atoms with E-state index in [1.807, 2.05) is 41.7 Å². The molecule has 3 amide bonds. The Morgan fingerprint density at radius 3 is 2.44 bits per heavy atom. The molecule has 3 rings (SSSR count). The molecule has 3 N–H and O–H groups in total. The predicted molar refractivity (Wildman–Crippen MR) is 100 cm³/mol. The molecule has 0 bridgehead atoms. The van der Waals surface area contributed by atoms with Crippen LogP contribution in [0.1, 0.15) is 30.0 Å². The summed E-state index contributed by atoms with van der Waals surface area (Å²) in [5.74, 6) is -1.88. The molecule has 3 aromatic rings. The first-order valence-corrected chi connectivity index (χ1v) is 8.51. The lowest BCUT2D eigenvalue weighted by atomic mass is 10.1. The number of hydrogen-bond donors (Lipinski definition) is 2. The molecule has 1 aromatic heterocycles. The second kappa shape index (κ2) is 7.11. The number of rotatable bonds is 4. The molecular weight excluding hydrogens is 348 g/mol. The molecule has 7 heteroatoms. The molecule has 0 aliphatic rings. The van der Waals surface area contributed by atoms with Gasteiger partial charge in [0.2, 0.25) is 5.76 Å². The highest BCUT2D eigenvalue weighted by atomic mass is 16.6. The van der Waals surface area contributed by atoms with Gasteiger partial charge in [0, 0.05) is 16.3 Å². The van der Waals surface area contributed by atoms with Crippen LogP contribution in [-0.2, 0) is 9.53 Å². The van der Waals surface area contributed by atoms with E-state index in [2.05, 4.69) is 0 Å². The van der Waals surface area contributed by atoms with E-state index in [0.717, 1.165) is 16.2 Å². The Hall–Kier alpha value is -3.35. The van der Waals surface area contributed by atoms with Crippen molar-refractivity contribution in [3.05, 3.63) is 47.7 Å². The molecule has 1 atom stereocenters. The molecule has 0 radical (unpaired) electrons. The number of carbonyl (C=O) groups is 3. The number of furan rings is 1. The lowest BCUT2D eigenvalue weighted by Gasteiger charge is -2.19. The quantitative estimate of drug-likeness (QED) is 0.687. The van der Waals surface area contributed by atoms with Crippen LogP contribution >= 0.6 is 0 Å². The van der Waals surface area contributed by atoms with Crippen molar-refractivity contribution in [1.29, 1.82) is 0 Å². The van der Waals surface area contributed by atoms with Gasteiger partial charge in [-0.05, 0) is 18.2 Å². The van der Waals surface area contributed by atoms with Crippen molar-refractivity contribution in [2.45, 2.75) is 26.9 Å². The summed E-state index contributed by atoms with van der Waals surface area (Å²) in [5.41, 5.74) is 6.18. The standard InChI is InChI=1S/C20H20N2O5/c1-10(2)15(18(23)22-20(21)25)27-19(24)16-11(3)13-9-8-12-6-4-5-7-14(12)17(13)26-16/h4-10,15H,1-3H3,(H3,21,22,23,25). The van der Waals surface area contributed by atoms with Gasteiger partial charge < -0.3 is 14.9 Å². The molecule has 0 saturated heterocycles. The third-order valence-electron chi connectivity index (χ3n) is 4.36. The number of nitrogens with one attached hydrogen (secondary N) is 1. The third kappa shape index (κ3) is 3.48. The van der Waals surface area contributed by atoms with Crippen LogP contribution in [0.4, 0.5) is 4.79 Å². The Morgan fingerprint density at radius 1 is 1.07 bits per heavy atom. The van der Waals surface area contributed by atoms with Gasteiger partial charge in [-0.3, -0.25) is 10.1 Å². The minimum absolute atomic E-state index is 0.0267. The summed E-state index contributed by atoms with van der Waals surface area (Å²) in [6, 6.07) is 10.5. The highest BCUT2D eigenvalue weighted by Gasteiger charge is 2.30. The van der Waals surface area contributed by atoms with Gasteiger partial charge in [-0.15, -0.1) is 0 Å². The summed E-state index contributed by atoms with van der Waals surface area (Å²) in [6.45, 7) is 5.14. The van der Waals surface area contributed by atoms with Crippen molar-refractivity contribution in [1.82, 2.24) is 5.32 Å². The number of esters is 1. The molecule has 1 unspecified atom stereocenters. The van der Waals surface area contributed by atoms with Crippen LogP contribution in [0.15, 0.2) is 40.8 Å². The highest BCUT2D eigenvalue weighted by Crippen LogP contribution is 2.32. The van der Waals surface area contributed by atoms with Crippen molar-refractivity contribution in [3.63, 3.8) is 0 Å². The lowest BCUT2D eigenvalue weighted by Crippen LogP contribution is -2.45. The van der Waals surface area contributed by atoms with E-state index >= 15 is 0 Å². The number of hydrogen-bond acceptors (Lipinski definition) is 5. The second-order valence-corrected chi connectivity index (χ2v) is 6.64. The average Bonchev–Trinajstić information content (AvgIpc) is 2.96. The molecule has 0 spiro atoms. The van der Waals surface area contributed by atoms with Crippen LogP contribution in [-0.4, -0.2) is 24.0 Å². The van der Waals surface area contributed by atoms with Crippen LogP contribution in [0.25, 0.3) is 21.7 Å². The monoisotopic (exact) mass is 368 g/mol. The normalized spacial score (nSPS) is 12.3. The van der Waals surface area contributed by atoms with Crippen LogP contribution in [0.2, 0.25) is 0 Å². The fraction of sp³-hybridized carbons (Fsp3) is 0.250. The third-order valence-corrected chi connectivity index (χ3v) is 4.36. The van der Waals surface area contributed by atoms with Gasteiger partial charge in [-0.1, -0.05) is 50.2 Å². The Balaban J connectivity index is 1.97.